The van der Waals surface area contributed by atoms with Gasteiger partial charge < -0.3 is 14.5 Å². The molecule has 1 aliphatic heterocycles. The Morgan fingerprint density at radius 3 is 2.76 bits per heavy atom. The number of amides is 1. The molecule has 1 aliphatic rings. The topological polar surface area (TPSA) is 102 Å². The van der Waals surface area contributed by atoms with Gasteiger partial charge in [-0.25, -0.2) is 9.97 Å². The van der Waals surface area contributed by atoms with Gasteiger partial charge in [0.05, 0.1) is 11.5 Å². The molecule has 0 saturated carbocycles. The molecule has 0 aliphatic carbocycles. The van der Waals surface area contributed by atoms with E-state index in [-0.39, 0.29) is 22.9 Å². The fraction of sp³-hybridized carbons (Fsp3) is 0.316. The number of hydrogen-bond acceptors (Lipinski definition) is 8. The lowest BCUT2D eigenvalue weighted by atomic mass is 10.1. The van der Waals surface area contributed by atoms with Crippen LogP contribution in [0.25, 0.3) is 10.3 Å². The van der Waals surface area contributed by atoms with E-state index in [1.54, 1.807) is 24.1 Å². The third-order valence-corrected chi connectivity index (χ3v) is 5.73. The summed E-state index contributed by atoms with van der Waals surface area (Å²) in [7, 11) is 0. The molecule has 2 aromatic heterocycles. The molecule has 1 aromatic carbocycles. The maximum absolute atomic E-state index is 12.8. The van der Waals surface area contributed by atoms with Gasteiger partial charge in [-0.3, -0.25) is 14.9 Å². The predicted octanol–water partition coefficient (Wildman–Crippen LogP) is 2.96. The lowest BCUT2D eigenvalue weighted by molar-refractivity contribution is -0.385. The Balaban J connectivity index is 1.46. The number of benzene rings is 1. The summed E-state index contributed by atoms with van der Waals surface area (Å²) in [6, 6.07) is 8.14. The van der Waals surface area contributed by atoms with E-state index < -0.39 is 4.92 Å². The number of aromatic nitrogens is 2. The van der Waals surface area contributed by atoms with Crippen LogP contribution in [0.1, 0.15) is 17.3 Å². The third kappa shape index (κ3) is 3.83. The van der Waals surface area contributed by atoms with Crippen molar-refractivity contribution in [3.05, 3.63) is 52.2 Å². The van der Waals surface area contributed by atoms with Gasteiger partial charge in [0.2, 0.25) is 0 Å². The van der Waals surface area contributed by atoms with E-state index in [0.717, 1.165) is 15.5 Å². The highest BCUT2D eigenvalue weighted by Gasteiger charge is 2.26. The van der Waals surface area contributed by atoms with Gasteiger partial charge in [-0.05, 0) is 31.2 Å². The van der Waals surface area contributed by atoms with Crippen molar-refractivity contribution in [3.8, 4) is 5.75 Å². The van der Waals surface area contributed by atoms with Crippen LogP contribution in [0.3, 0.4) is 0 Å². The Morgan fingerprint density at radius 1 is 1.28 bits per heavy atom. The van der Waals surface area contributed by atoms with Crippen molar-refractivity contribution in [1.82, 2.24) is 14.9 Å². The highest BCUT2D eigenvalue weighted by molar-refractivity contribution is 7.21. The zero-order valence-corrected chi connectivity index (χ0v) is 16.6. The number of nitrogens with zero attached hydrogens (tertiary/aromatic N) is 5. The Hall–Kier alpha value is -3.27. The van der Waals surface area contributed by atoms with Crippen molar-refractivity contribution in [2.24, 2.45) is 0 Å². The van der Waals surface area contributed by atoms with Crippen molar-refractivity contribution >= 4 is 38.4 Å². The first-order valence-corrected chi connectivity index (χ1v) is 10.1. The lowest BCUT2D eigenvalue weighted by Crippen LogP contribution is -2.48. The monoisotopic (exact) mass is 413 g/mol. The molecule has 0 unspecified atom stereocenters. The Morgan fingerprint density at radius 2 is 2.07 bits per heavy atom. The molecule has 4 rings (SSSR count). The van der Waals surface area contributed by atoms with Gasteiger partial charge in [0.15, 0.2) is 10.9 Å². The molecule has 3 aromatic rings. The summed E-state index contributed by atoms with van der Waals surface area (Å²) in [5.41, 5.74) is 0.962. The second kappa shape index (κ2) is 8.00. The summed E-state index contributed by atoms with van der Waals surface area (Å²) in [6.45, 7) is 4.39. The SMILES string of the molecule is CCOc1ccc(C(=O)N2CCN(c3nc4cccnc4s3)CC2)cc1[N+](=O)[O-]. The van der Waals surface area contributed by atoms with Crippen LogP contribution in [-0.2, 0) is 0 Å². The first-order chi connectivity index (χ1) is 14.1. The molecule has 9 nitrogen and oxygen atoms in total. The molecule has 0 bridgehead atoms. The minimum absolute atomic E-state index is 0.170. The van der Waals surface area contributed by atoms with E-state index in [4.69, 9.17) is 4.74 Å². The normalized spacial score (nSPS) is 14.2. The molecule has 0 spiro atoms. The summed E-state index contributed by atoms with van der Waals surface area (Å²) in [5.74, 6) is -0.0509. The maximum atomic E-state index is 12.8. The number of hydrogen-bond donors (Lipinski definition) is 0. The van der Waals surface area contributed by atoms with Crippen molar-refractivity contribution in [3.63, 3.8) is 0 Å². The fourth-order valence-corrected chi connectivity index (χ4v) is 4.21. The van der Waals surface area contributed by atoms with E-state index in [0.29, 0.717) is 32.8 Å². The van der Waals surface area contributed by atoms with E-state index in [1.165, 1.54) is 23.5 Å². The number of carbonyl (C=O) groups excluding carboxylic acids is 1. The summed E-state index contributed by atoms with van der Waals surface area (Å²) in [4.78, 5) is 37.3. The Labute approximate surface area is 170 Å². The number of nitro benzene ring substituents is 1. The van der Waals surface area contributed by atoms with Crippen LogP contribution in [0.2, 0.25) is 0 Å². The number of ether oxygens (including phenoxy) is 1. The van der Waals surface area contributed by atoms with Gasteiger partial charge in [-0.15, -0.1) is 0 Å². The van der Waals surface area contributed by atoms with E-state index in [9.17, 15) is 14.9 Å². The van der Waals surface area contributed by atoms with Gasteiger partial charge >= 0.3 is 5.69 Å². The van der Waals surface area contributed by atoms with Crippen molar-refractivity contribution in [2.75, 3.05) is 37.7 Å². The van der Waals surface area contributed by atoms with Gasteiger partial charge in [0, 0.05) is 44.0 Å². The highest BCUT2D eigenvalue weighted by Crippen LogP contribution is 2.30. The molecule has 0 atom stereocenters. The van der Waals surface area contributed by atoms with Crippen molar-refractivity contribution in [2.45, 2.75) is 6.92 Å². The zero-order valence-electron chi connectivity index (χ0n) is 15.8. The van der Waals surface area contributed by atoms with E-state index in [2.05, 4.69) is 14.9 Å². The molecular weight excluding hydrogens is 394 g/mol. The molecule has 1 saturated heterocycles. The van der Waals surface area contributed by atoms with Crippen molar-refractivity contribution in [1.29, 1.82) is 0 Å². The molecule has 1 amide bonds. The number of piperazine rings is 1. The van der Waals surface area contributed by atoms with Gasteiger partial charge in [-0.1, -0.05) is 11.3 Å². The molecule has 0 radical (unpaired) electrons. The Kier molecular flexibility index (Phi) is 5.26. The molecule has 0 N–H and O–H groups in total. The number of pyridine rings is 1. The predicted molar refractivity (Wildman–Crippen MR) is 110 cm³/mol. The lowest BCUT2D eigenvalue weighted by Gasteiger charge is -2.34. The minimum atomic E-state index is -0.527. The van der Waals surface area contributed by atoms with Crippen LogP contribution in [-0.4, -0.2) is 58.5 Å². The van der Waals surface area contributed by atoms with E-state index in [1.807, 2.05) is 12.1 Å². The quantitative estimate of drug-likeness (QED) is 0.468. The van der Waals surface area contributed by atoms with E-state index >= 15 is 0 Å². The summed E-state index contributed by atoms with van der Waals surface area (Å²) < 4.78 is 5.28. The van der Waals surface area contributed by atoms with Crippen LogP contribution < -0.4 is 9.64 Å². The Bertz CT molecular complexity index is 1030. The molecule has 3 heterocycles. The number of fused-ring (bicyclic) bond motifs is 1. The van der Waals surface area contributed by atoms with Crippen LogP contribution in [0, 0.1) is 10.1 Å². The summed E-state index contributed by atoms with van der Waals surface area (Å²) in [6.07, 6.45) is 1.75. The second-order valence-corrected chi connectivity index (χ2v) is 7.43. The first-order valence-electron chi connectivity index (χ1n) is 9.24. The largest absolute Gasteiger partial charge is 0.487 e. The van der Waals surface area contributed by atoms with Gasteiger partial charge in [-0.2, -0.15) is 0 Å². The highest BCUT2D eigenvalue weighted by atomic mass is 32.1. The van der Waals surface area contributed by atoms with Gasteiger partial charge in [0.1, 0.15) is 10.3 Å². The number of thiazole rings is 1. The van der Waals surface area contributed by atoms with Crippen LogP contribution >= 0.6 is 11.3 Å². The third-order valence-electron chi connectivity index (χ3n) is 4.69. The molecule has 1 fully saturated rings. The molecule has 10 heteroatoms. The average molecular weight is 413 g/mol. The number of rotatable bonds is 5. The smallest absolute Gasteiger partial charge is 0.311 e. The standard InChI is InChI=1S/C19H19N5O4S/c1-2-28-16-6-5-13(12-15(16)24(26)27)18(25)22-8-10-23(11-9-22)19-21-14-4-3-7-20-17(14)29-19/h3-7,12H,2,8-11H2,1H3. The number of carbonyl (C=O) groups is 1. The van der Waals surface area contributed by atoms with Gasteiger partial charge in [0.25, 0.3) is 5.91 Å². The van der Waals surface area contributed by atoms with Crippen LogP contribution in [0.15, 0.2) is 36.5 Å². The summed E-state index contributed by atoms with van der Waals surface area (Å²) in [5, 5.41) is 12.2. The van der Waals surface area contributed by atoms with Crippen molar-refractivity contribution < 1.29 is 14.5 Å². The second-order valence-electron chi connectivity index (χ2n) is 6.48. The van der Waals surface area contributed by atoms with Crippen LogP contribution in [0.4, 0.5) is 10.8 Å². The summed E-state index contributed by atoms with van der Waals surface area (Å²) >= 11 is 1.53. The maximum Gasteiger partial charge on any atom is 0.311 e. The van der Waals surface area contributed by atoms with Crippen LogP contribution in [0.5, 0.6) is 5.75 Å². The molecule has 150 valence electrons. The molecular formula is C19H19N5O4S. The first kappa shape index (κ1) is 19.1. The number of nitro groups is 1. The minimum Gasteiger partial charge on any atom is -0.487 e. The average Bonchev–Trinajstić information content (AvgIpc) is 3.18. The zero-order chi connectivity index (χ0) is 20.4. The molecule has 29 heavy (non-hydrogen) atoms. The fourth-order valence-electron chi connectivity index (χ4n) is 3.25. The number of anilines is 1.